The van der Waals surface area contributed by atoms with Crippen LogP contribution in [0, 0.1) is 0 Å². The highest BCUT2D eigenvalue weighted by Gasteiger charge is 2.30. The number of para-hydroxylation sites is 1. The van der Waals surface area contributed by atoms with Gasteiger partial charge in [-0.25, -0.2) is 8.42 Å². The Kier molecular flexibility index (Phi) is 6.24. The highest BCUT2D eigenvalue weighted by Crippen LogP contribution is 2.26. The molecule has 32 heavy (non-hydrogen) atoms. The lowest BCUT2D eigenvalue weighted by Gasteiger charge is -2.16. The van der Waals surface area contributed by atoms with Crippen LogP contribution in [0.15, 0.2) is 53.4 Å². The third-order valence-corrected chi connectivity index (χ3v) is 6.77. The maximum Gasteiger partial charge on any atom is 0.261 e. The van der Waals surface area contributed by atoms with E-state index in [1.807, 2.05) is 0 Å². The Balaban J connectivity index is 1.49. The second-order valence-corrected chi connectivity index (χ2v) is 9.30. The van der Waals surface area contributed by atoms with Gasteiger partial charge in [0.2, 0.25) is 11.8 Å². The van der Waals surface area contributed by atoms with Crippen molar-refractivity contribution in [2.45, 2.75) is 36.7 Å². The van der Waals surface area contributed by atoms with E-state index in [9.17, 15) is 22.8 Å². The van der Waals surface area contributed by atoms with Gasteiger partial charge in [0.05, 0.1) is 27.9 Å². The van der Waals surface area contributed by atoms with Crippen LogP contribution in [-0.4, -0.2) is 45.4 Å². The minimum absolute atomic E-state index is 0.0318. The number of nitrogens with one attached hydrogen (secondary N) is 2. The van der Waals surface area contributed by atoms with Gasteiger partial charge >= 0.3 is 0 Å². The average molecular weight is 458 g/mol. The molecule has 9 nitrogen and oxygen atoms in total. The number of hydrogen-bond donors (Lipinski definition) is 2. The van der Waals surface area contributed by atoms with Gasteiger partial charge in [0.25, 0.3) is 15.9 Å². The number of carbonyl (C=O) groups excluding carboxylic acids is 3. The molecule has 2 fully saturated rings. The molecule has 0 radical (unpaired) electrons. The van der Waals surface area contributed by atoms with Gasteiger partial charge in [0.15, 0.2) is 0 Å². The van der Waals surface area contributed by atoms with Crippen LogP contribution < -0.4 is 14.9 Å². The molecule has 0 aromatic heterocycles. The lowest BCUT2D eigenvalue weighted by molar-refractivity contribution is -0.121. The van der Waals surface area contributed by atoms with Gasteiger partial charge in [-0.3, -0.25) is 24.0 Å². The predicted molar refractivity (Wildman–Crippen MR) is 117 cm³/mol. The number of rotatable bonds is 7. The molecule has 2 aliphatic rings. The average Bonchev–Trinajstić information content (AvgIpc) is 3.42. The lowest BCUT2D eigenvalue weighted by Crippen LogP contribution is -2.32. The molecular weight excluding hydrogens is 434 g/mol. The summed E-state index contributed by atoms with van der Waals surface area (Å²) in [7, 11) is -4.01. The summed E-state index contributed by atoms with van der Waals surface area (Å²) in [5.41, 5.74) is 0.663. The van der Waals surface area contributed by atoms with Crippen LogP contribution in [0.1, 0.15) is 36.0 Å². The molecule has 2 aliphatic heterocycles. The summed E-state index contributed by atoms with van der Waals surface area (Å²) in [6.07, 6.45) is 2.09. The predicted octanol–water partition coefficient (Wildman–Crippen LogP) is 2.05. The van der Waals surface area contributed by atoms with Crippen LogP contribution in [0.2, 0.25) is 0 Å². The van der Waals surface area contributed by atoms with Crippen molar-refractivity contribution in [3.63, 3.8) is 0 Å². The Morgan fingerprint density at radius 1 is 1.03 bits per heavy atom. The first kappa shape index (κ1) is 22.0. The van der Waals surface area contributed by atoms with Crippen LogP contribution in [0.25, 0.3) is 0 Å². The van der Waals surface area contributed by atoms with Gasteiger partial charge in [-0.15, -0.1) is 0 Å². The largest absolute Gasteiger partial charge is 0.376 e. The van der Waals surface area contributed by atoms with E-state index < -0.39 is 15.9 Å². The van der Waals surface area contributed by atoms with Crippen molar-refractivity contribution in [3.05, 3.63) is 54.1 Å². The van der Waals surface area contributed by atoms with Crippen LogP contribution in [0.3, 0.4) is 0 Å². The van der Waals surface area contributed by atoms with Gasteiger partial charge in [0, 0.05) is 26.0 Å². The van der Waals surface area contributed by atoms with E-state index in [4.69, 9.17) is 4.74 Å². The third-order valence-electron chi connectivity index (χ3n) is 5.39. The zero-order chi connectivity index (χ0) is 22.7. The smallest absolute Gasteiger partial charge is 0.261 e. The first-order valence-electron chi connectivity index (χ1n) is 10.3. The minimum atomic E-state index is -4.01. The standard InChI is InChI=1S/C22H23N3O6S/c26-20-11-12-21(27)25(20)15-7-9-17(10-8-15)32(29,30)24-19-6-2-1-5-18(19)22(28)23-14-16-4-3-13-31-16/h1-2,5-10,16,24H,3-4,11-14H2,(H,23,28)/t16-/m1/s1. The number of imide groups is 1. The normalized spacial score (nSPS) is 18.8. The van der Waals surface area contributed by atoms with Crippen molar-refractivity contribution in [2.75, 3.05) is 22.8 Å². The number of benzene rings is 2. The van der Waals surface area contributed by atoms with Crippen molar-refractivity contribution in [2.24, 2.45) is 0 Å². The summed E-state index contributed by atoms with van der Waals surface area (Å²) >= 11 is 0. The quantitative estimate of drug-likeness (QED) is 0.614. The molecule has 0 unspecified atom stereocenters. The SMILES string of the molecule is O=C(NC[C@H]1CCCO1)c1ccccc1NS(=O)(=O)c1ccc(N2C(=O)CCC2=O)cc1. The van der Waals surface area contributed by atoms with Crippen molar-refractivity contribution in [1.29, 1.82) is 0 Å². The highest BCUT2D eigenvalue weighted by molar-refractivity contribution is 7.92. The van der Waals surface area contributed by atoms with E-state index in [-0.39, 0.29) is 46.9 Å². The molecule has 2 heterocycles. The van der Waals surface area contributed by atoms with Crippen molar-refractivity contribution in [1.82, 2.24) is 5.32 Å². The number of amides is 3. The third kappa shape index (κ3) is 4.66. The maximum atomic E-state index is 12.9. The topological polar surface area (TPSA) is 122 Å². The lowest BCUT2D eigenvalue weighted by atomic mass is 10.1. The number of hydrogen-bond acceptors (Lipinski definition) is 6. The molecule has 3 amide bonds. The van der Waals surface area contributed by atoms with Crippen molar-refractivity contribution >= 4 is 39.1 Å². The minimum Gasteiger partial charge on any atom is -0.376 e. The molecule has 4 rings (SSSR count). The van der Waals surface area contributed by atoms with Crippen molar-refractivity contribution in [3.8, 4) is 0 Å². The van der Waals surface area contributed by atoms with Crippen molar-refractivity contribution < 1.29 is 27.5 Å². The van der Waals surface area contributed by atoms with Crippen LogP contribution in [-0.2, 0) is 24.3 Å². The van der Waals surface area contributed by atoms with Gasteiger partial charge in [-0.05, 0) is 49.2 Å². The van der Waals surface area contributed by atoms with Crippen LogP contribution >= 0.6 is 0 Å². The fourth-order valence-corrected chi connectivity index (χ4v) is 4.80. The van der Waals surface area contributed by atoms with E-state index in [0.29, 0.717) is 18.8 Å². The Bertz CT molecular complexity index is 1120. The van der Waals surface area contributed by atoms with E-state index in [1.54, 1.807) is 12.1 Å². The number of carbonyl (C=O) groups is 3. The van der Waals surface area contributed by atoms with E-state index in [0.717, 1.165) is 17.7 Å². The van der Waals surface area contributed by atoms with E-state index in [1.165, 1.54) is 36.4 Å². The van der Waals surface area contributed by atoms with E-state index >= 15 is 0 Å². The summed E-state index contributed by atoms with van der Waals surface area (Å²) in [6.45, 7) is 1.03. The Morgan fingerprint density at radius 3 is 2.38 bits per heavy atom. The number of ether oxygens (including phenoxy) is 1. The van der Waals surface area contributed by atoms with E-state index in [2.05, 4.69) is 10.0 Å². The molecule has 2 aromatic rings. The Hall–Kier alpha value is -3.24. The van der Waals surface area contributed by atoms with Gasteiger partial charge in [-0.1, -0.05) is 12.1 Å². The Morgan fingerprint density at radius 2 is 1.72 bits per heavy atom. The molecule has 2 aromatic carbocycles. The van der Waals surface area contributed by atoms with Gasteiger partial charge < -0.3 is 10.1 Å². The summed E-state index contributed by atoms with van der Waals surface area (Å²) in [5.74, 6) is -1.03. The summed E-state index contributed by atoms with van der Waals surface area (Å²) < 4.78 is 33.7. The Labute approximate surface area is 185 Å². The van der Waals surface area contributed by atoms with Gasteiger partial charge in [-0.2, -0.15) is 0 Å². The second-order valence-electron chi connectivity index (χ2n) is 7.61. The molecule has 168 valence electrons. The molecule has 0 bridgehead atoms. The summed E-state index contributed by atoms with van der Waals surface area (Å²) in [4.78, 5) is 37.4. The number of anilines is 2. The summed E-state index contributed by atoms with van der Waals surface area (Å²) in [5, 5.41) is 2.79. The fraction of sp³-hybridized carbons (Fsp3) is 0.318. The monoisotopic (exact) mass is 457 g/mol. The molecule has 0 aliphatic carbocycles. The van der Waals surface area contributed by atoms with Crippen LogP contribution in [0.5, 0.6) is 0 Å². The summed E-state index contributed by atoms with van der Waals surface area (Å²) in [6, 6.07) is 11.8. The number of nitrogens with zero attached hydrogens (tertiary/aromatic N) is 1. The molecule has 0 spiro atoms. The molecule has 2 N–H and O–H groups in total. The molecule has 0 saturated carbocycles. The fourth-order valence-electron chi connectivity index (χ4n) is 3.72. The molecular formula is C22H23N3O6S. The first-order chi connectivity index (χ1) is 15.3. The molecule has 1 atom stereocenters. The van der Waals surface area contributed by atoms with Crippen LogP contribution in [0.4, 0.5) is 11.4 Å². The van der Waals surface area contributed by atoms with Gasteiger partial charge in [0.1, 0.15) is 0 Å². The zero-order valence-corrected chi connectivity index (χ0v) is 18.1. The molecule has 2 saturated heterocycles. The zero-order valence-electron chi connectivity index (χ0n) is 17.2. The highest BCUT2D eigenvalue weighted by atomic mass is 32.2. The number of sulfonamides is 1. The molecule has 10 heteroatoms. The maximum absolute atomic E-state index is 12.9. The first-order valence-corrected chi connectivity index (χ1v) is 11.8. The second kappa shape index (κ2) is 9.09.